The Morgan fingerprint density at radius 1 is 1.18 bits per heavy atom. The molecule has 4 nitrogen and oxygen atoms in total. The number of hydrogen-bond donors (Lipinski definition) is 1. The summed E-state index contributed by atoms with van der Waals surface area (Å²) >= 11 is 0. The zero-order valence-electron chi connectivity index (χ0n) is 9.08. The van der Waals surface area contributed by atoms with Crippen molar-refractivity contribution < 1.29 is 4.84 Å². The zero-order chi connectivity index (χ0) is 12.1. The van der Waals surface area contributed by atoms with Crippen LogP contribution in [0.2, 0.25) is 0 Å². The molecule has 0 bridgehead atoms. The molecule has 84 valence electrons. The molecule has 4 heteroatoms. The highest BCUT2D eigenvalue weighted by Gasteiger charge is 2.18. The Bertz CT molecular complexity index is 534. The van der Waals surface area contributed by atoms with Crippen LogP contribution < -0.4 is 5.90 Å². The van der Waals surface area contributed by atoms with Gasteiger partial charge in [-0.05, 0) is 18.2 Å². The van der Waals surface area contributed by atoms with Gasteiger partial charge in [-0.15, -0.1) is 0 Å². The molecule has 1 atom stereocenters. The smallest absolute Gasteiger partial charge is 0.147 e. The molecule has 2 rings (SSSR count). The van der Waals surface area contributed by atoms with Gasteiger partial charge in [-0.25, -0.2) is 5.90 Å². The van der Waals surface area contributed by atoms with E-state index >= 15 is 0 Å². The van der Waals surface area contributed by atoms with Crippen LogP contribution in [0.5, 0.6) is 0 Å². The van der Waals surface area contributed by atoms with E-state index in [9.17, 15) is 0 Å². The van der Waals surface area contributed by atoms with Crippen LogP contribution in [-0.4, -0.2) is 4.98 Å². The molecule has 2 N–H and O–H groups in total. The van der Waals surface area contributed by atoms with Crippen molar-refractivity contribution in [1.82, 2.24) is 4.98 Å². The molecule has 0 aliphatic heterocycles. The van der Waals surface area contributed by atoms with E-state index in [0.717, 1.165) is 5.56 Å². The van der Waals surface area contributed by atoms with E-state index < -0.39 is 6.10 Å². The topological polar surface area (TPSA) is 71.9 Å². The normalized spacial score (nSPS) is 11.8. The van der Waals surface area contributed by atoms with E-state index in [2.05, 4.69) is 11.1 Å². The van der Waals surface area contributed by atoms with Crippen LogP contribution in [-0.2, 0) is 4.84 Å². The lowest BCUT2D eigenvalue weighted by atomic mass is 10.0. The van der Waals surface area contributed by atoms with E-state index in [4.69, 9.17) is 16.0 Å². The van der Waals surface area contributed by atoms with Crippen LogP contribution >= 0.6 is 0 Å². The van der Waals surface area contributed by atoms with Gasteiger partial charge in [0.2, 0.25) is 0 Å². The Hall–Kier alpha value is -2.22. The average molecular weight is 225 g/mol. The van der Waals surface area contributed by atoms with Gasteiger partial charge in [0.1, 0.15) is 6.10 Å². The molecule has 0 saturated carbocycles. The van der Waals surface area contributed by atoms with Crippen molar-refractivity contribution in [3.63, 3.8) is 0 Å². The number of hydrogen-bond acceptors (Lipinski definition) is 4. The highest BCUT2D eigenvalue weighted by molar-refractivity contribution is 5.41. The van der Waals surface area contributed by atoms with Gasteiger partial charge in [-0.1, -0.05) is 24.3 Å². The standard InChI is InChI=1S/C13H11N3O/c14-9-10-5-1-2-6-11(10)13(17-15)12-7-3-4-8-16-12/h1-8,13H,15H2. The minimum atomic E-state index is -0.521. The first-order chi connectivity index (χ1) is 8.36. The second-order valence-corrected chi connectivity index (χ2v) is 3.47. The van der Waals surface area contributed by atoms with Crippen LogP contribution in [0.25, 0.3) is 0 Å². The first-order valence-electron chi connectivity index (χ1n) is 5.12. The number of rotatable bonds is 3. The Labute approximate surface area is 99.2 Å². The summed E-state index contributed by atoms with van der Waals surface area (Å²) in [4.78, 5) is 9.14. The van der Waals surface area contributed by atoms with Crippen LogP contribution in [0.1, 0.15) is 22.9 Å². The van der Waals surface area contributed by atoms with Gasteiger partial charge in [-0.2, -0.15) is 5.26 Å². The van der Waals surface area contributed by atoms with Gasteiger partial charge < -0.3 is 0 Å². The minimum Gasteiger partial charge on any atom is -0.290 e. The van der Waals surface area contributed by atoms with Gasteiger partial charge in [-0.3, -0.25) is 9.82 Å². The maximum Gasteiger partial charge on any atom is 0.147 e. The molecule has 1 aromatic carbocycles. The summed E-state index contributed by atoms with van der Waals surface area (Å²) < 4.78 is 0. The quantitative estimate of drug-likeness (QED) is 0.810. The molecule has 0 fully saturated rings. The zero-order valence-corrected chi connectivity index (χ0v) is 9.08. The van der Waals surface area contributed by atoms with Crippen molar-refractivity contribution >= 4 is 0 Å². The molecular formula is C13H11N3O. The third-order valence-electron chi connectivity index (χ3n) is 2.46. The number of benzene rings is 1. The lowest BCUT2D eigenvalue weighted by molar-refractivity contribution is 0.0782. The SMILES string of the molecule is N#Cc1ccccc1C(ON)c1ccccn1. The molecule has 2 aromatic rings. The highest BCUT2D eigenvalue weighted by atomic mass is 16.6. The number of nitriles is 1. The summed E-state index contributed by atoms with van der Waals surface area (Å²) in [6.45, 7) is 0. The van der Waals surface area contributed by atoms with Crippen molar-refractivity contribution in [3.8, 4) is 6.07 Å². The molecule has 0 amide bonds. The summed E-state index contributed by atoms with van der Waals surface area (Å²) in [5, 5.41) is 9.04. The van der Waals surface area contributed by atoms with Crippen LogP contribution in [0.15, 0.2) is 48.7 Å². The van der Waals surface area contributed by atoms with Gasteiger partial charge in [0.05, 0.1) is 17.3 Å². The maximum atomic E-state index is 9.04. The fourth-order valence-corrected chi connectivity index (χ4v) is 1.66. The maximum absolute atomic E-state index is 9.04. The molecule has 1 unspecified atom stereocenters. The number of nitrogens with zero attached hydrogens (tertiary/aromatic N) is 2. The number of nitrogens with two attached hydrogens (primary N) is 1. The van der Waals surface area contributed by atoms with Crippen molar-refractivity contribution in [3.05, 3.63) is 65.5 Å². The summed E-state index contributed by atoms with van der Waals surface area (Å²) in [5.74, 6) is 5.31. The number of pyridine rings is 1. The number of aromatic nitrogens is 1. The molecule has 17 heavy (non-hydrogen) atoms. The van der Waals surface area contributed by atoms with Crippen molar-refractivity contribution in [2.45, 2.75) is 6.10 Å². The summed E-state index contributed by atoms with van der Waals surface area (Å²) in [5.41, 5.74) is 1.93. The van der Waals surface area contributed by atoms with E-state index in [0.29, 0.717) is 11.3 Å². The second-order valence-electron chi connectivity index (χ2n) is 3.47. The van der Waals surface area contributed by atoms with E-state index in [1.165, 1.54) is 0 Å². The molecule has 0 aliphatic carbocycles. The highest BCUT2D eigenvalue weighted by Crippen LogP contribution is 2.25. The largest absolute Gasteiger partial charge is 0.290 e. The monoisotopic (exact) mass is 225 g/mol. The summed E-state index contributed by atoms with van der Waals surface area (Å²) in [7, 11) is 0. The Kier molecular flexibility index (Phi) is 3.46. The average Bonchev–Trinajstić information content (AvgIpc) is 2.41. The Balaban J connectivity index is 2.47. The fourth-order valence-electron chi connectivity index (χ4n) is 1.66. The lowest BCUT2D eigenvalue weighted by Gasteiger charge is -2.15. The molecule has 0 saturated heterocycles. The Morgan fingerprint density at radius 2 is 1.94 bits per heavy atom. The first-order valence-corrected chi connectivity index (χ1v) is 5.12. The van der Waals surface area contributed by atoms with Crippen LogP contribution in [0.4, 0.5) is 0 Å². The third-order valence-corrected chi connectivity index (χ3v) is 2.46. The van der Waals surface area contributed by atoms with E-state index in [1.54, 1.807) is 18.3 Å². The minimum absolute atomic E-state index is 0.521. The van der Waals surface area contributed by atoms with Crippen molar-refractivity contribution in [2.24, 2.45) is 5.90 Å². The summed E-state index contributed by atoms with van der Waals surface area (Å²) in [6, 6.07) is 14.8. The van der Waals surface area contributed by atoms with Crippen molar-refractivity contribution in [2.75, 3.05) is 0 Å². The molecule has 0 spiro atoms. The van der Waals surface area contributed by atoms with Gasteiger partial charge in [0.15, 0.2) is 0 Å². The second kappa shape index (κ2) is 5.21. The molecule has 0 aliphatic rings. The fraction of sp³-hybridized carbons (Fsp3) is 0.0769. The summed E-state index contributed by atoms with van der Waals surface area (Å²) in [6.07, 6.45) is 1.14. The van der Waals surface area contributed by atoms with Gasteiger partial charge in [0, 0.05) is 11.8 Å². The first kappa shape index (κ1) is 11.3. The van der Waals surface area contributed by atoms with Crippen molar-refractivity contribution in [1.29, 1.82) is 5.26 Å². The Morgan fingerprint density at radius 3 is 2.59 bits per heavy atom. The third kappa shape index (κ3) is 2.31. The molecular weight excluding hydrogens is 214 g/mol. The van der Waals surface area contributed by atoms with Crippen LogP contribution in [0.3, 0.4) is 0 Å². The molecule has 0 radical (unpaired) electrons. The van der Waals surface area contributed by atoms with Gasteiger partial charge in [0.25, 0.3) is 0 Å². The predicted octanol–water partition coefficient (Wildman–Crippen LogP) is 1.93. The lowest BCUT2D eigenvalue weighted by Crippen LogP contribution is -2.13. The van der Waals surface area contributed by atoms with E-state index in [-0.39, 0.29) is 0 Å². The molecule has 1 heterocycles. The van der Waals surface area contributed by atoms with Gasteiger partial charge >= 0.3 is 0 Å². The predicted molar refractivity (Wildman–Crippen MR) is 62.5 cm³/mol. The van der Waals surface area contributed by atoms with E-state index in [1.807, 2.05) is 30.3 Å². The molecule has 1 aromatic heterocycles. The van der Waals surface area contributed by atoms with Crippen LogP contribution in [0, 0.1) is 11.3 Å².